The maximum atomic E-state index is 13.3. The lowest BCUT2D eigenvalue weighted by molar-refractivity contribution is -0.121. The molecule has 1 fully saturated rings. The third-order valence-electron chi connectivity index (χ3n) is 5.08. The van der Waals surface area contributed by atoms with Crippen LogP contribution >= 0.6 is 24.0 Å². The molecule has 152 valence electrons. The first-order valence-corrected chi connectivity index (χ1v) is 10.5. The van der Waals surface area contributed by atoms with Crippen LogP contribution in [0.25, 0.3) is 5.57 Å². The number of fused-ring (bicyclic) bond motifs is 1. The number of nitrogens with zero attached hydrogens (tertiary/aromatic N) is 2. The van der Waals surface area contributed by atoms with Crippen molar-refractivity contribution in [2.75, 3.05) is 23.8 Å². The predicted molar refractivity (Wildman–Crippen MR) is 123 cm³/mol. The Balaban J connectivity index is 1.66. The molecule has 8 heteroatoms. The van der Waals surface area contributed by atoms with E-state index in [2.05, 4.69) is 5.32 Å². The highest BCUT2D eigenvalue weighted by Crippen LogP contribution is 2.44. The molecule has 0 aliphatic carbocycles. The first-order chi connectivity index (χ1) is 14.3. The number of carbonyl (C=O) groups excluding carboxylic acids is 3. The van der Waals surface area contributed by atoms with Gasteiger partial charge >= 0.3 is 0 Å². The van der Waals surface area contributed by atoms with E-state index in [9.17, 15) is 14.4 Å². The van der Waals surface area contributed by atoms with E-state index in [4.69, 9.17) is 12.2 Å². The number of rotatable bonds is 3. The summed E-state index contributed by atoms with van der Waals surface area (Å²) in [4.78, 5) is 41.7. The predicted octanol–water partition coefficient (Wildman–Crippen LogP) is 3.49. The van der Waals surface area contributed by atoms with Gasteiger partial charge in [-0.05, 0) is 37.1 Å². The molecule has 2 aromatic rings. The average molecular weight is 438 g/mol. The molecule has 2 aliphatic heterocycles. The molecule has 0 unspecified atom stereocenters. The van der Waals surface area contributed by atoms with Crippen LogP contribution < -0.4 is 10.2 Å². The second kappa shape index (κ2) is 7.70. The highest BCUT2D eigenvalue weighted by Gasteiger charge is 2.41. The second-order valence-electron chi connectivity index (χ2n) is 7.21. The monoisotopic (exact) mass is 437 g/mol. The van der Waals surface area contributed by atoms with Crippen molar-refractivity contribution in [1.29, 1.82) is 0 Å². The third-order valence-corrected chi connectivity index (χ3v) is 6.64. The zero-order valence-corrected chi connectivity index (χ0v) is 18.3. The Kier molecular flexibility index (Phi) is 5.21. The van der Waals surface area contributed by atoms with Crippen LogP contribution in [0, 0.1) is 13.8 Å². The molecule has 2 aromatic carbocycles. The van der Waals surface area contributed by atoms with Gasteiger partial charge in [-0.1, -0.05) is 54.3 Å². The molecule has 1 saturated heterocycles. The van der Waals surface area contributed by atoms with E-state index in [0.717, 1.165) is 22.9 Å². The normalized spacial score (nSPS) is 18.3. The smallest absolute Gasteiger partial charge is 0.266 e. The maximum Gasteiger partial charge on any atom is 0.266 e. The summed E-state index contributed by atoms with van der Waals surface area (Å²) in [5.41, 5.74) is 4.22. The van der Waals surface area contributed by atoms with Gasteiger partial charge in [0.2, 0.25) is 5.91 Å². The summed E-state index contributed by atoms with van der Waals surface area (Å²) >= 11 is 6.32. The Labute approximate surface area is 183 Å². The molecule has 0 radical (unpaired) electrons. The fourth-order valence-corrected chi connectivity index (χ4v) is 4.70. The van der Waals surface area contributed by atoms with Crippen LogP contribution in [0.1, 0.15) is 16.7 Å². The summed E-state index contributed by atoms with van der Waals surface area (Å²) in [5, 5.41) is 2.89. The molecule has 0 aromatic heterocycles. The van der Waals surface area contributed by atoms with Crippen LogP contribution in [0.5, 0.6) is 0 Å². The number of thiocarbonyl (C=S) groups is 1. The fourth-order valence-electron chi connectivity index (χ4n) is 3.45. The zero-order chi connectivity index (χ0) is 21.6. The molecule has 0 atom stereocenters. The SMILES string of the molecule is Cc1ccc(C)c(NC(=O)CN2C(=O)/C(=C3/SC(=S)N(C)C3=O)c3ccccc32)c1. The van der Waals surface area contributed by atoms with Crippen LogP contribution in [-0.2, 0) is 14.4 Å². The van der Waals surface area contributed by atoms with Crippen molar-refractivity contribution in [2.24, 2.45) is 0 Å². The first kappa shape index (κ1) is 20.3. The average Bonchev–Trinajstić information content (AvgIpc) is 3.12. The number of hydrogen-bond acceptors (Lipinski definition) is 5. The number of hydrogen-bond donors (Lipinski definition) is 1. The molecule has 2 heterocycles. The number of carbonyl (C=O) groups is 3. The minimum Gasteiger partial charge on any atom is -0.324 e. The van der Waals surface area contributed by atoms with Crippen molar-refractivity contribution < 1.29 is 14.4 Å². The zero-order valence-electron chi connectivity index (χ0n) is 16.7. The number of likely N-dealkylation sites (N-methyl/N-ethyl adjacent to an activating group) is 1. The number of aryl methyl sites for hydroxylation is 2. The van der Waals surface area contributed by atoms with Gasteiger partial charge in [-0.25, -0.2) is 0 Å². The van der Waals surface area contributed by atoms with Crippen molar-refractivity contribution >= 4 is 63.0 Å². The van der Waals surface area contributed by atoms with Crippen LogP contribution in [0.15, 0.2) is 47.4 Å². The van der Waals surface area contributed by atoms with Gasteiger partial charge in [-0.2, -0.15) is 0 Å². The standard InChI is InChI=1S/C22H19N3O3S2/c1-12-8-9-13(2)15(10-12)23-17(26)11-25-16-7-5-4-6-14(16)18(20(25)27)19-21(28)24(3)22(29)30-19/h4-10H,11H2,1-3H3,(H,23,26)/b19-18+. The Hall–Kier alpha value is -2.97. The topological polar surface area (TPSA) is 69.7 Å². The Morgan fingerprint density at radius 2 is 1.83 bits per heavy atom. The molecule has 0 spiro atoms. The highest BCUT2D eigenvalue weighted by atomic mass is 32.2. The van der Waals surface area contributed by atoms with Crippen LogP contribution in [-0.4, -0.2) is 40.5 Å². The van der Waals surface area contributed by atoms with Crippen molar-refractivity contribution in [3.05, 3.63) is 64.1 Å². The third kappa shape index (κ3) is 3.42. The summed E-state index contributed by atoms with van der Waals surface area (Å²) in [6, 6.07) is 13.0. The maximum absolute atomic E-state index is 13.3. The summed E-state index contributed by atoms with van der Waals surface area (Å²) in [5.74, 6) is -0.984. The Morgan fingerprint density at radius 1 is 1.10 bits per heavy atom. The van der Waals surface area contributed by atoms with Gasteiger partial charge in [0.05, 0.1) is 16.2 Å². The van der Waals surface area contributed by atoms with Crippen molar-refractivity contribution in [3.63, 3.8) is 0 Å². The number of nitrogens with one attached hydrogen (secondary N) is 1. The van der Waals surface area contributed by atoms with E-state index >= 15 is 0 Å². The minimum atomic E-state index is -0.374. The van der Waals surface area contributed by atoms with Gasteiger partial charge in [0, 0.05) is 18.3 Å². The molecular weight excluding hydrogens is 418 g/mol. The molecule has 0 bridgehead atoms. The Bertz CT molecular complexity index is 1160. The summed E-state index contributed by atoms with van der Waals surface area (Å²) < 4.78 is 0.402. The number of anilines is 2. The van der Waals surface area contributed by atoms with Gasteiger partial charge in [0.15, 0.2) is 0 Å². The quantitative estimate of drug-likeness (QED) is 0.588. The summed E-state index contributed by atoms with van der Waals surface area (Å²) in [6.45, 7) is 3.71. The minimum absolute atomic E-state index is 0.154. The van der Waals surface area contributed by atoms with Crippen LogP contribution in [0.4, 0.5) is 11.4 Å². The molecule has 1 N–H and O–H groups in total. The van der Waals surface area contributed by atoms with Crippen molar-refractivity contribution in [2.45, 2.75) is 13.8 Å². The summed E-state index contributed by atoms with van der Waals surface area (Å²) in [7, 11) is 1.59. The lowest BCUT2D eigenvalue weighted by Crippen LogP contribution is -2.35. The number of amides is 3. The molecule has 30 heavy (non-hydrogen) atoms. The highest BCUT2D eigenvalue weighted by molar-refractivity contribution is 8.26. The van der Waals surface area contributed by atoms with E-state index in [0.29, 0.717) is 31.7 Å². The number of para-hydroxylation sites is 1. The van der Waals surface area contributed by atoms with Crippen LogP contribution in [0.2, 0.25) is 0 Å². The number of benzene rings is 2. The lowest BCUT2D eigenvalue weighted by Gasteiger charge is -2.17. The number of thioether (sulfide) groups is 1. The molecular formula is C22H19N3O3S2. The van der Waals surface area contributed by atoms with Gasteiger partial charge in [0.25, 0.3) is 11.8 Å². The second-order valence-corrected chi connectivity index (χ2v) is 8.86. The van der Waals surface area contributed by atoms with Gasteiger partial charge in [-0.3, -0.25) is 24.2 Å². The first-order valence-electron chi connectivity index (χ1n) is 9.30. The van der Waals surface area contributed by atoms with Gasteiger partial charge in [0.1, 0.15) is 10.9 Å². The largest absolute Gasteiger partial charge is 0.324 e. The molecule has 2 aliphatic rings. The lowest BCUT2D eigenvalue weighted by atomic mass is 10.1. The van der Waals surface area contributed by atoms with Crippen LogP contribution in [0.3, 0.4) is 0 Å². The van der Waals surface area contributed by atoms with E-state index < -0.39 is 0 Å². The van der Waals surface area contributed by atoms with Crippen molar-refractivity contribution in [1.82, 2.24) is 4.90 Å². The Morgan fingerprint density at radius 3 is 2.53 bits per heavy atom. The van der Waals surface area contributed by atoms with E-state index in [1.807, 2.05) is 32.0 Å². The van der Waals surface area contributed by atoms with Gasteiger partial charge < -0.3 is 5.32 Å². The van der Waals surface area contributed by atoms with Crippen molar-refractivity contribution in [3.8, 4) is 0 Å². The van der Waals surface area contributed by atoms with E-state index in [-0.39, 0.29) is 24.3 Å². The van der Waals surface area contributed by atoms with E-state index in [1.54, 1.807) is 31.3 Å². The molecule has 4 rings (SSSR count). The summed E-state index contributed by atoms with van der Waals surface area (Å²) in [6.07, 6.45) is 0. The fraction of sp³-hybridized carbons (Fsp3) is 0.182. The van der Waals surface area contributed by atoms with E-state index in [1.165, 1.54) is 9.80 Å². The van der Waals surface area contributed by atoms with Gasteiger partial charge in [-0.15, -0.1) is 0 Å². The molecule has 0 saturated carbocycles. The molecule has 3 amide bonds. The molecule has 6 nitrogen and oxygen atoms in total.